The minimum Gasteiger partial charge on any atom is -0.328 e. The molecule has 2 fully saturated rings. The molecule has 2 rings (SSSR count). The van der Waals surface area contributed by atoms with Crippen molar-refractivity contribution in [3.63, 3.8) is 0 Å². The molecule has 0 aromatic carbocycles. The van der Waals surface area contributed by atoms with E-state index in [1.165, 1.54) is 25.7 Å². The van der Waals surface area contributed by atoms with E-state index in [2.05, 4.69) is 4.90 Å². The van der Waals surface area contributed by atoms with Crippen molar-refractivity contribution in [1.82, 2.24) is 4.90 Å². The van der Waals surface area contributed by atoms with Gasteiger partial charge in [-0.25, -0.2) is 4.39 Å². The summed E-state index contributed by atoms with van der Waals surface area (Å²) in [5.74, 6) is 0. The van der Waals surface area contributed by atoms with Crippen LogP contribution in [0, 0.1) is 0 Å². The molecule has 0 amide bonds. The zero-order valence-corrected chi connectivity index (χ0v) is 8.84. The van der Waals surface area contributed by atoms with Gasteiger partial charge in [0.2, 0.25) is 0 Å². The van der Waals surface area contributed by atoms with Crippen molar-refractivity contribution in [2.24, 2.45) is 5.73 Å². The minimum atomic E-state index is -1.06. The molecule has 0 aromatic rings. The average Bonchev–Trinajstić information content (AvgIpc) is 2.72. The number of nitrogens with two attached hydrogens (primary N) is 1. The van der Waals surface area contributed by atoms with Gasteiger partial charge in [-0.3, -0.25) is 0 Å². The van der Waals surface area contributed by atoms with Crippen LogP contribution >= 0.6 is 0 Å². The molecule has 2 N–H and O–H groups in total. The van der Waals surface area contributed by atoms with Gasteiger partial charge in [0.05, 0.1) is 0 Å². The Labute approximate surface area is 85.6 Å². The zero-order valence-electron chi connectivity index (χ0n) is 8.84. The third kappa shape index (κ3) is 2.09. The van der Waals surface area contributed by atoms with E-state index in [0.29, 0.717) is 12.8 Å². The highest BCUT2D eigenvalue weighted by Crippen LogP contribution is 2.30. The summed E-state index contributed by atoms with van der Waals surface area (Å²) in [5.41, 5.74) is 4.38. The maximum atomic E-state index is 13.8. The fraction of sp³-hybridized carbons (Fsp3) is 1.00. The van der Waals surface area contributed by atoms with E-state index in [0.717, 1.165) is 19.1 Å². The van der Waals surface area contributed by atoms with E-state index in [1.807, 2.05) is 0 Å². The van der Waals surface area contributed by atoms with Crippen LogP contribution in [0.25, 0.3) is 0 Å². The Morgan fingerprint density at radius 3 is 2.29 bits per heavy atom. The lowest BCUT2D eigenvalue weighted by Gasteiger charge is -2.38. The molecule has 14 heavy (non-hydrogen) atoms. The molecule has 0 atom stereocenters. The largest absolute Gasteiger partial charge is 0.328 e. The van der Waals surface area contributed by atoms with Crippen molar-refractivity contribution in [3.8, 4) is 0 Å². The molecule has 3 heteroatoms. The van der Waals surface area contributed by atoms with Crippen LogP contribution in [-0.4, -0.2) is 36.2 Å². The van der Waals surface area contributed by atoms with Crippen LogP contribution in [-0.2, 0) is 0 Å². The zero-order chi connectivity index (χ0) is 10.0. The molecule has 2 nitrogen and oxygen atoms in total. The van der Waals surface area contributed by atoms with Crippen LogP contribution in [0.4, 0.5) is 4.39 Å². The van der Waals surface area contributed by atoms with E-state index in [4.69, 9.17) is 5.73 Å². The molecule has 1 saturated heterocycles. The molecule has 0 bridgehead atoms. The van der Waals surface area contributed by atoms with Crippen molar-refractivity contribution in [1.29, 1.82) is 0 Å². The molecule has 82 valence electrons. The Bertz CT molecular complexity index is 182. The summed E-state index contributed by atoms with van der Waals surface area (Å²) < 4.78 is 13.8. The van der Waals surface area contributed by atoms with Crippen LogP contribution in [0.15, 0.2) is 0 Å². The third-order valence-corrected chi connectivity index (χ3v) is 3.90. The molecule has 1 heterocycles. The van der Waals surface area contributed by atoms with Gasteiger partial charge in [0.1, 0.15) is 5.67 Å². The molecule has 0 aromatic heterocycles. The molecular weight excluding hydrogens is 179 g/mol. The SMILES string of the molecule is NCC1(F)CCN(C2CCCC2)CC1. The number of likely N-dealkylation sites (tertiary alicyclic amines) is 1. The number of hydrogen-bond acceptors (Lipinski definition) is 2. The van der Waals surface area contributed by atoms with Crippen LogP contribution in [0.5, 0.6) is 0 Å². The molecule has 0 unspecified atom stereocenters. The fourth-order valence-electron chi connectivity index (χ4n) is 2.76. The van der Waals surface area contributed by atoms with E-state index >= 15 is 0 Å². The molecular formula is C11H21FN2. The molecule has 1 aliphatic carbocycles. The summed E-state index contributed by atoms with van der Waals surface area (Å²) in [7, 11) is 0. The lowest BCUT2D eigenvalue weighted by atomic mass is 9.92. The average molecular weight is 200 g/mol. The second-order valence-electron chi connectivity index (χ2n) is 4.83. The van der Waals surface area contributed by atoms with Crippen molar-refractivity contribution in [2.75, 3.05) is 19.6 Å². The highest BCUT2D eigenvalue weighted by Gasteiger charge is 2.35. The van der Waals surface area contributed by atoms with E-state index < -0.39 is 5.67 Å². The Kier molecular flexibility index (Phi) is 3.07. The second kappa shape index (κ2) is 4.15. The molecule has 1 aliphatic heterocycles. The Morgan fingerprint density at radius 2 is 1.79 bits per heavy atom. The van der Waals surface area contributed by atoms with Crippen molar-refractivity contribution in [3.05, 3.63) is 0 Å². The van der Waals surface area contributed by atoms with Gasteiger partial charge in [-0.2, -0.15) is 0 Å². The summed E-state index contributed by atoms with van der Waals surface area (Å²) >= 11 is 0. The lowest BCUT2D eigenvalue weighted by Crippen LogP contribution is -2.48. The number of piperidine rings is 1. The number of rotatable bonds is 2. The van der Waals surface area contributed by atoms with E-state index in [1.54, 1.807) is 0 Å². The quantitative estimate of drug-likeness (QED) is 0.735. The summed E-state index contributed by atoms with van der Waals surface area (Å²) in [5, 5.41) is 0. The first kappa shape index (κ1) is 10.4. The first-order chi connectivity index (χ1) is 6.73. The van der Waals surface area contributed by atoms with Gasteiger partial charge in [-0.05, 0) is 25.7 Å². The van der Waals surface area contributed by atoms with E-state index in [9.17, 15) is 4.39 Å². The van der Waals surface area contributed by atoms with E-state index in [-0.39, 0.29) is 6.54 Å². The smallest absolute Gasteiger partial charge is 0.125 e. The molecule has 1 saturated carbocycles. The first-order valence-electron chi connectivity index (χ1n) is 5.87. The van der Waals surface area contributed by atoms with Gasteiger partial charge in [0.25, 0.3) is 0 Å². The summed E-state index contributed by atoms with van der Waals surface area (Å²) in [6, 6.07) is 0.748. The topological polar surface area (TPSA) is 29.3 Å². The summed E-state index contributed by atoms with van der Waals surface area (Å²) in [4.78, 5) is 2.47. The number of alkyl halides is 1. The normalized spacial score (nSPS) is 29.6. The number of halogens is 1. The highest BCUT2D eigenvalue weighted by atomic mass is 19.1. The molecule has 0 spiro atoms. The predicted octanol–water partition coefficient (Wildman–Crippen LogP) is 1.69. The van der Waals surface area contributed by atoms with Crippen LogP contribution < -0.4 is 5.73 Å². The first-order valence-corrected chi connectivity index (χ1v) is 5.87. The maximum absolute atomic E-state index is 13.8. The number of hydrogen-bond donors (Lipinski definition) is 1. The van der Waals surface area contributed by atoms with Crippen molar-refractivity contribution in [2.45, 2.75) is 50.2 Å². The van der Waals surface area contributed by atoms with Crippen molar-refractivity contribution >= 4 is 0 Å². The third-order valence-electron chi connectivity index (χ3n) is 3.90. The Balaban J connectivity index is 1.83. The van der Waals surface area contributed by atoms with Gasteiger partial charge in [-0.15, -0.1) is 0 Å². The van der Waals surface area contributed by atoms with Gasteiger partial charge in [-0.1, -0.05) is 12.8 Å². The summed E-state index contributed by atoms with van der Waals surface area (Å²) in [6.45, 7) is 2.03. The Morgan fingerprint density at radius 1 is 1.21 bits per heavy atom. The monoisotopic (exact) mass is 200 g/mol. The molecule has 0 radical (unpaired) electrons. The Hall–Kier alpha value is -0.150. The van der Waals surface area contributed by atoms with Crippen LogP contribution in [0.2, 0.25) is 0 Å². The van der Waals surface area contributed by atoms with Gasteiger partial charge in [0.15, 0.2) is 0 Å². The lowest BCUT2D eigenvalue weighted by molar-refractivity contribution is 0.0455. The molecule has 2 aliphatic rings. The van der Waals surface area contributed by atoms with Gasteiger partial charge < -0.3 is 10.6 Å². The van der Waals surface area contributed by atoms with Gasteiger partial charge >= 0.3 is 0 Å². The second-order valence-corrected chi connectivity index (χ2v) is 4.83. The number of nitrogens with zero attached hydrogens (tertiary/aromatic N) is 1. The van der Waals surface area contributed by atoms with Crippen LogP contribution in [0.3, 0.4) is 0 Å². The van der Waals surface area contributed by atoms with Crippen molar-refractivity contribution < 1.29 is 4.39 Å². The fourth-order valence-corrected chi connectivity index (χ4v) is 2.76. The summed E-state index contributed by atoms with van der Waals surface area (Å²) in [6.07, 6.45) is 6.64. The highest BCUT2D eigenvalue weighted by molar-refractivity contribution is 4.90. The van der Waals surface area contributed by atoms with Crippen LogP contribution in [0.1, 0.15) is 38.5 Å². The minimum absolute atomic E-state index is 0.200. The predicted molar refractivity (Wildman–Crippen MR) is 56.0 cm³/mol. The maximum Gasteiger partial charge on any atom is 0.125 e. The standard InChI is InChI=1S/C11H21FN2/c12-11(9-13)5-7-14(8-6-11)10-3-1-2-4-10/h10H,1-9,13H2. The van der Waals surface area contributed by atoms with Gasteiger partial charge in [0, 0.05) is 25.7 Å².